The Bertz CT molecular complexity index is 678. The topological polar surface area (TPSA) is 49.6 Å². The molecule has 0 aliphatic heterocycles. The van der Waals surface area contributed by atoms with Gasteiger partial charge in [-0.2, -0.15) is 18.4 Å². The Morgan fingerprint density at radius 3 is 2.67 bits per heavy atom. The zero-order chi connectivity index (χ0) is 15.5. The summed E-state index contributed by atoms with van der Waals surface area (Å²) in [6, 6.07) is 8.11. The number of thioether (sulfide) groups is 1. The molecule has 0 atom stereocenters. The molecule has 108 valence electrons. The standard InChI is InChI=1S/C14H10F3N3S/c1-9-6-12(14(15,16)17)20-13(11(9)7-18)21-8-10-4-2-3-5-19-10/h2-6H,8H2,1H3. The predicted molar refractivity (Wildman–Crippen MR) is 72.5 cm³/mol. The lowest BCUT2D eigenvalue weighted by Gasteiger charge is -2.11. The van der Waals surface area contributed by atoms with E-state index in [1.807, 2.05) is 6.07 Å². The number of aromatic nitrogens is 2. The van der Waals surface area contributed by atoms with Gasteiger partial charge < -0.3 is 0 Å². The Morgan fingerprint density at radius 2 is 2.10 bits per heavy atom. The van der Waals surface area contributed by atoms with E-state index in [0.29, 0.717) is 11.4 Å². The lowest BCUT2D eigenvalue weighted by molar-refractivity contribution is -0.141. The third kappa shape index (κ3) is 3.73. The molecule has 0 saturated carbocycles. The SMILES string of the molecule is Cc1cc(C(F)(F)F)nc(SCc2ccccn2)c1C#N. The fourth-order valence-corrected chi connectivity index (χ4v) is 2.62. The van der Waals surface area contributed by atoms with Gasteiger partial charge in [-0.25, -0.2) is 4.98 Å². The molecule has 0 aliphatic rings. The summed E-state index contributed by atoms with van der Waals surface area (Å²) in [5.74, 6) is 0.350. The summed E-state index contributed by atoms with van der Waals surface area (Å²) in [5, 5.41) is 9.17. The van der Waals surface area contributed by atoms with Crippen molar-refractivity contribution in [2.24, 2.45) is 0 Å². The monoisotopic (exact) mass is 309 g/mol. The molecule has 0 spiro atoms. The molecule has 3 nitrogen and oxygen atoms in total. The summed E-state index contributed by atoms with van der Waals surface area (Å²) in [6.07, 6.45) is -2.93. The van der Waals surface area contributed by atoms with E-state index in [1.54, 1.807) is 24.4 Å². The minimum absolute atomic E-state index is 0.0791. The Morgan fingerprint density at radius 1 is 1.33 bits per heavy atom. The van der Waals surface area contributed by atoms with Crippen LogP contribution in [0.3, 0.4) is 0 Å². The lowest BCUT2D eigenvalue weighted by atomic mass is 10.1. The van der Waals surface area contributed by atoms with Gasteiger partial charge in [0.2, 0.25) is 0 Å². The van der Waals surface area contributed by atoms with Gasteiger partial charge in [0.1, 0.15) is 16.8 Å². The van der Waals surface area contributed by atoms with E-state index in [-0.39, 0.29) is 16.2 Å². The molecule has 0 aromatic carbocycles. The van der Waals surface area contributed by atoms with Crippen LogP contribution in [0.25, 0.3) is 0 Å². The van der Waals surface area contributed by atoms with E-state index in [0.717, 1.165) is 17.8 Å². The molecule has 0 bridgehead atoms. The van der Waals surface area contributed by atoms with Gasteiger partial charge in [-0.3, -0.25) is 4.98 Å². The molecular weight excluding hydrogens is 299 g/mol. The van der Waals surface area contributed by atoms with Crippen LogP contribution in [0.4, 0.5) is 13.2 Å². The van der Waals surface area contributed by atoms with Crippen LogP contribution in [0.2, 0.25) is 0 Å². The van der Waals surface area contributed by atoms with Crippen molar-refractivity contribution in [1.82, 2.24) is 9.97 Å². The number of nitriles is 1. The van der Waals surface area contributed by atoms with Gasteiger partial charge in [-0.15, -0.1) is 0 Å². The van der Waals surface area contributed by atoms with Crippen molar-refractivity contribution < 1.29 is 13.2 Å². The van der Waals surface area contributed by atoms with Crippen molar-refractivity contribution in [3.63, 3.8) is 0 Å². The van der Waals surface area contributed by atoms with E-state index in [4.69, 9.17) is 5.26 Å². The maximum Gasteiger partial charge on any atom is 0.433 e. The van der Waals surface area contributed by atoms with Crippen molar-refractivity contribution in [2.75, 3.05) is 0 Å². The summed E-state index contributed by atoms with van der Waals surface area (Å²) in [7, 11) is 0. The van der Waals surface area contributed by atoms with Crippen molar-refractivity contribution in [3.8, 4) is 6.07 Å². The second-order valence-corrected chi connectivity index (χ2v) is 5.19. The van der Waals surface area contributed by atoms with Crippen LogP contribution in [0, 0.1) is 18.3 Å². The maximum absolute atomic E-state index is 12.8. The van der Waals surface area contributed by atoms with Gasteiger partial charge in [-0.1, -0.05) is 17.8 Å². The average Bonchev–Trinajstić information content (AvgIpc) is 2.44. The van der Waals surface area contributed by atoms with Crippen LogP contribution < -0.4 is 0 Å². The van der Waals surface area contributed by atoms with Crippen LogP contribution in [-0.4, -0.2) is 9.97 Å². The molecule has 0 aliphatic carbocycles. The van der Waals surface area contributed by atoms with Gasteiger partial charge in [0.05, 0.1) is 11.3 Å². The first-order chi connectivity index (χ1) is 9.91. The number of hydrogen-bond acceptors (Lipinski definition) is 4. The Hall–Kier alpha value is -2.07. The van der Waals surface area contributed by atoms with Gasteiger partial charge in [0.15, 0.2) is 0 Å². The minimum atomic E-state index is -4.53. The van der Waals surface area contributed by atoms with E-state index in [2.05, 4.69) is 9.97 Å². The molecule has 0 unspecified atom stereocenters. The molecule has 2 aromatic rings. The fraction of sp³-hybridized carbons (Fsp3) is 0.214. The molecule has 0 N–H and O–H groups in total. The highest BCUT2D eigenvalue weighted by molar-refractivity contribution is 7.98. The summed E-state index contributed by atoms with van der Waals surface area (Å²) in [5.41, 5.74) is 0.165. The Labute approximate surface area is 123 Å². The largest absolute Gasteiger partial charge is 0.433 e. The number of rotatable bonds is 3. The van der Waals surface area contributed by atoms with Crippen molar-refractivity contribution in [2.45, 2.75) is 23.9 Å². The Kier molecular flexibility index (Phi) is 4.48. The zero-order valence-corrected chi connectivity index (χ0v) is 11.8. The highest BCUT2D eigenvalue weighted by Crippen LogP contribution is 2.33. The molecular formula is C14H10F3N3S. The smallest absolute Gasteiger partial charge is 0.260 e. The van der Waals surface area contributed by atoms with Crippen LogP contribution in [-0.2, 0) is 11.9 Å². The summed E-state index contributed by atoms with van der Waals surface area (Å²) < 4.78 is 38.3. The third-order valence-corrected chi connectivity index (χ3v) is 3.68. The summed E-state index contributed by atoms with van der Waals surface area (Å²) in [6.45, 7) is 1.47. The molecule has 21 heavy (non-hydrogen) atoms. The first-order valence-electron chi connectivity index (χ1n) is 5.93. The number of nitrogens with zero attached hydrogens (tertiary/aromatic N) is 3. The zero-order valence-electron chi connectivity index (χ0n) is 11.0. The molecule has 0 radical (unpaired) electrons. The van der Waals surface area contributed by atoms with Crippen LogP contribution >= 0.6 is 11.8 Å². The van der Waals surface area contributed by atoms with Crippen LogP contribution in [0.15, 0.2) is 35.5 Å². The second kappa shape index (κ2) is 6.14. The highest BCUT2D eigenvalue weighted by Gasteiger charge is 2.33. The number of hydrogen-bond donors (Lipinski definition) is 0. The van der Waals surface area contributed by atoms with E-state index < -0.39 is 11.9 Å². The number of alkyl halides is 3. The lowest BCUT2D eigenvalue weighted by Crippen LogP contribution is -2.10. The Balaban J connectivity index is 2.33. The molecule has 0 amide bonds. The van der Waals surface area contributed by atoms with Gasteiger partial charge in [-0.05, 0) is 30.7 Å². The van der Waals surface area contributed by atoms with Crippen molar-refractivity contribution in [1.29, 1.82) is 5.26 Å². The predicted octanol–water partition coefficient (Wildman–Crippen LogP) is 3.97. The minimum Gasteiger partial charge on any atom is -0.260 e. The molecule has 0 saturated heterocycles. The van der Waals surface area contributed by atoms with Crippen LogP contribution in [0.5, 0.6) is 0 Å². The van der Waals surface area contributed by atoms with Gasteiger partial charge in [0.25, 0.3) is 0 Å². The summed E-state index contributed by atoms with van der Waals surface area (Å²) >= 11 is 1.07. The second-order valence-electron chi connectivity index (χ2n) is 4.22. The van der Waals surface area contributed by atoms with Crippen molar-refractivity contribution in [3.05, 3.63) is 53.0 Å². The third-order valence-electron chi connectivity index (χ3n) is 2.67. The fourth-order valence-electron chi connectivity index (χ4n) is 1.65. The first-order valence-corrected chi connectivity index (χ1v) is 6.92. The average molecular weight is 309 g/mol. The highest BCUT2D eigenvalue weighted by atomic mass is 32.2. The van der Waals surface area contributed by atoms with E-state index in [9.17, 15) is 13.2 Å². The maximum atomic E-state index is 12.8. The number of pyridine rings is 2. The molecule has 0 fully saturated rings. The molecule has 2 heterocycles. The van der Waals surface area contributed by atoms with E-state index >= 15 is 0 Å². The first kappa shape index (κ1) is 15.3. The molecule has 7 heteroatoms. The molecule has 2 aromatic heterocycles. The number of aryl methyl sites for hydroxylation is 1. The normalized spacial score (nSPS) is 11.2. The van der Waals surface area contributed by atoms with Gasteiger partial charge in [0, 0.05) is 11.9 Å². The quantitative estimate of drug-likeness (QED) is 0.805. The summed E-state index contributed by atoms with van der Waals surface area (Å²) in [4.78, 5) is 7.67. The van der Waals surface area contributed by atoms with Crippen molar-refractivity contribution >= 4 is 11.8 Å². The van der Waals surface area contributed by atoms with Gasteiger partial charge >= 0.3 is 6.18 Å². The number of halogens is 3. The molecule has 2 rings (SSSR count). The van der Waals surface area contributed by atoms with Crippen LogP contribution in [0.1, 0.15) is 22.5 Å². The van der Waals surface area contributed by atoms with E-state index in [1.165, 1.54) is 6.92 Å².